The largest absolute Gasteiger partial charge is 0.507 e. The van der Waals surface area contributed by atoms with Crippen LogP contribution >= 0.6 is 48.0 Å². The SMILES string of the molecule is C=C[C@@H](c1c(O)cc(Cl)cc1Cl)N1CCNCC1.Cl.Cl. The standard InChI is InChI=1S/C13H16Cl2N2O.2ClH/c1-2-11(17-5-3-16-4-6-17)13-10(15)7-9(14)8-12(13)18;;/h2,7-8,11,16,18H,1,3-6H2;2*1H/t11-;;/m0../s1. The van der Waals surface area contributed by atoms with E-state index < -0.39 is 0 Å². The van der Waals surface area contributed by atoms with Crippen molar-refractivity contribution in [2.45, 2.75) is 6.04 Å². The molecule has 0 radical (unpaired) electrons. The Balaban J connectivity index is 0.00000180. The van der Waals surface area contributed by atoms with Crippen LogP contribution in [-0.4, -0.2) is 36.2 Å². The smallest absolute Gasteiger partial charge is 0.123 e. The zero-order valence-corrected chi connectivity index (χ0v) is 14.0. The third-order valence-corrected chi connectivity index (χ3v) is 3.67. The second-order valence-corrected chi connectivity index (χ2v) is 5.13. The van der Waals surface area contributed by atoms with Gasteiger partial charge in [0.05, 0.1) is 11.1 Å². The van der Waals surface area contributed by atoms with Crippen molar-refractivity contribution >= 4 is 48.0 Å². The molecule has 0 unspecified atom stereocenters. The molecule has 0 aromatic heterocycles. The Morgan fingerprint density at radius 1 is 1.25 bits per heavy atom. The molecule has 1 aromatic rings. The minimum Gasteiger partial charge on any atom is -0.507 e. The molecule has 2 rings (SSSR count). The van der Waals surface area contributed by atoms with Gasteiger partial charge in [-0.2, -0.15) is 0 Å². The molecule has 1 aliphatic rings. The number of rotatable bonds is 3. The average molecular weight is 360 g/mol. The molecule has 0 spiro atoms. The van der Waals surface area contributed by atoms with E-state index in [1.807, 2.05) is 0 Å². The van der Waals surface area contributed by atoms with Gasteiger partial charge in [-0.15, -0.1) is 31.4 Å². The van der Waals surface area contributed by atoms with Crippen LogP contribution < -0.4 is 5.32 Å². The van der Waals surface area contributed by atoms with Crippen molar-refractivity contribution in [3.63, 3.8) is 0 Å². The Hall–Kier alpha value is -0.160. The van der Waals surface area contributed by atoms with Gasteiger partial charge in [-0.25, -0.2) is 0 Å². The minimum absolute atomic E-state index is 0. The van der Waals surface area contributed by atoms with Gasteiger partial charge in [-0.05, 0) is 12.1 Å². The highest BCUT2D eigenvalue weighted by atomic mass is 35.5. The molecule has 0 amide bonds. The molecule has 0 aliphatic carbocycles. The van der Waals surface area contributed by atoms with Crippen molar-refractivity contribution in [1.82, 2.24) is 10.2 Å². The molecule has 0 bridgehead atoms. The Bertz CT molecular complexity index is 427. The summed E-state index contributed by atoms with van der Waals surface area (Å²) in [6.07, 6.45) is 1.81. The van der Waals surface area contributed by atoms with E-state index in [0.717, 1.165) is 26.2 Å². The van der Waals surface area contributed by atoms with Gasteiger partial charge >= 0.3 is 0 Å². The third kappa shape index (κ3) is 4.42. The highest BCUT2D eigenvalue weighted by Crippen LogP contribution is 2.37. The van der Waals surface area contributed by atoms with Gasteiger partial charge in [-0.3, -0.25) is 4.90 Å². The summed E-state index contributed by atoms with van der Waals surface area (Å²) >= 11 is 12.1. The maximum absolute atomic E-state index is 10.0. The van der Waals surface area contributed by atoms with Crippen LogP contribution in [0, 0.1) is 0 Å². The number of hydrogen-bond donors (Lipinski definition) is 2. The maximum Gasteiger partial charge on any atom is 0.123 e. The Kier molecular flexibility index (Phi) is 8.91. The van der Waals surface area contributed by atoms with E-state index in [1.165, 1.54) is 6.07 Å². The molecule has 1 aliphatic heterocycles. The number of hydrogen-bond acceptors (Lipinski definition) is 3. The Morgan fingerprint density at radius 2 is 1.85 bits per heavy atom. The summed E-state index contributed by atoms with van der Waals surface area (Å²) in [4.78, 5) is 2.23. The molecule has 1 aromatic carbocycles. The normalized spacial score (nSPS) is 16.7. The number of nitrogens with zero attached hydrogens (tertiary/aromatic N) is 1. The predicted molar refractivity (Wildman–Crippen MR) is 90.0 cm³/mol. The summed E-state index contributed by atoms with van der Waals surface area (Å²) in [5.74, 6) is 0.121. The van der Waals surface area contributed by atoms with Crippen LogP contribution in [0.15, 0.2) is 24.8 Å². The predicted octanol–water partition coefficient (Wildman–Crippen LogP) is 3.67. The maximum atomic E-state index is 10.0. The van der Waals surface area contributed by atoms with Gasteiger partial charge in [-0.1, -0.05) is 29.3 Å². The topological polar surface area (TPSA) is 35.5 Å². The van der Waals surface area contributed by atoms with Crippen LogP contribution in [0.3, 0.4) is 0 Å². The quantitative estimate of drug-likeness (QED) is 0.808. The van der Waals surface area contributed by atoms with E-state index in [0.29, 0.717) is 15.6 Å². The lowest BCUT2D eigenvalue weighted by atomic mass is 10.0. The van der Waals surface area contributed by atoms with E-state index in [9.17, 15) is 5.11 Å². The van der Waals surface area contributed by atoms with Crippen molar-refractivity contribution in [1.29, 1.82) is 0 Å². The molecule has 0 saturated carbocycles. The molecular formula is C13H18Cl4N2O. The summed E-state index contributed by atoms with van der Waals surface area (Å²) < 4.78 is 0. The van der Waals surface area contributed by atoms with E-state index in [4.69, 9.17) is 23.2 Å². The number of halogens is 4. The monoisotopic (exact) mass is 358 g/mol. The van der Waals surface area contributed by atoms with Crippen molar-refractivity contribution in [2.24, 2.45) is 0 Å². The van der Waals surface area contributed by atoms with E-state index in [1.54, 1.807) is 12.1 Å². The molecule has 7 heteroatoms. The molecule has 1 atom stereocenters. The number of benzene rings is 1. The van der Waals surface area contributed by atoms with E-state index in [-0.39, 0.29) is 36.6 Å². The van der Waals surface area contributed by atoms with Gasteiger partial charge in [0, 0.05) is 36.8 Å². The highest BCUT2D eigenvalue weighted by molar-refractivity contribution is 6.35. The average Bonchev–Trinajstić information content (AvgIpc) is 2.34. The van der Waals surface area contributed by atoms with Gasteiger partial charge in [0.25, 0.3) is 0 Å². The van der Waals surface area contributed by atoms with Gasteiger partial charge in [0.15, 0.2) is 0 Å². The van der Waals surface area contributed by atoms with Crippen LogP contribution in [0.1, 0.15) is 11.6 Å². The molecule has 3 nitrogen and oxygen atoms in total. The highest BCUT2D eigenvalue weighted by Gasteiger charge is 2.24. The molecule has 1 saturated heterocycles. The Morgan fingerprint density at radius 3 is 2.35 bits per heavy atom. The minimum atomic E-state index is -0.0862. The molecule has 1 fully saturated rings. The van der Waals surface area contributed by atoms with Crippen LogP contribution in [0.25, 0.3) is 0 Å². The Labute approximate surface area is 141 Å². The first-order valence-corrected chi connectivity index (χ1v) is 6.64. The number of piperazine rings is 1. The lowest BCUT2D eigenvalue weighted by molar-refractivity contribution is 0.201. The second kappa shape index (κ2) is 8.98. The number of phenolic OH excluding ortho intramolecular Hbond substituents is 1. The van der Waals surface area contributed by atoms with Gasteiger partial charge < -0.3 is 10.4 Å². The molecule has 114 valence electrons. The molecule has 20 heavy (non-hydrogen) atoms. The van der Waals surface area contributed by atoms with Crippen molar-refractivity contribution in [3.8, 4) is 5.75 Å². The first-order valence-electron chi connectivity index (χ1n) is 5.88. The fourth-order valence-electron chi connectivity index (χ4n) is 2.27. The van der Waals surface area contributed by atoms with Crippen LogP contribution in [0.5, 0.6) is 5.75 Å². The van der Waals surface area contributed by atoms with E-state index >= 15 is 0 Å². The summed E-state index contributed by atoms with van der Waals surface area (Å²) in [5, 5.41) is 14.2. The first-order chi connectivity index (χ1) is 8.63. The fraction of sp³-hybridized carbons (Fsp3) is 0.385. The summed E-state index contributed by atoms with van der Waals surface area (Å²) in [5.41, 5.74) is 0.679. The van der Waals surface area contributed by atoms with Crippen molar-refractivity contribution < 1.29 is 5.11 Å². The zero-order valence-electron chi connectivity index (χ0n) is 10.8. The van der Waals surface area contributed by atoms with Gasteiger partial charge in [0.2, 0.25) is 0 Å². The molecule has 2 N–H and O–H groups in total. The summed E-state index contributed by atoms with van der Waals surface area (Å²) in [6.45, 7) is 7.50. The first kappa shape index (κ1) is 19.8. The molecule has 1 heterocycles. The zero-order chi connectivity index (χ0) is 13.1. The van der Waals surface area contributed by atoms with Crippen molar-refractivity contribution in [3.05, 3.63) is 40.4 Å². The van der Waals surface area contributed by atoms with Crippen LogP contribution in [-0.2, 0) is 0 Å². The van der Waals surface area contributed by atoms with E-state index in [2.05, 4.69) is 16.8 Å². The second-order valence-electron chi connectivity index (χ2n) is 4.29. The number of aromatic hydroxyl groups is 1. The lowest BCUT2D eigenvalue weighted by Crippen LogP contribution is -2.44. The van der Waals surface area contributed by atoms with Crippen LogP contribution in [0.2, 0.25) is 10.0 Å². The number of nitrogens with one attached hydrogen (secondary N) is 1. The number of phenols is 1. The van der Waals surface area contributed by atoms with Crippen molar-refractivity contribution in [2.75, 3.05) is 26.2 Å². The fourth-order valence-corrected chi connectivity index (χ4v) is 2.87. The third-order valence-electron chi connectivity index (χ3n) is 3.14. The van der Waals surface area contributed by atoms with Crippen LogP contribution in [0.4, 0.5) is 0 Å². The summed E-state index contributed by atoms with van der Waals surface area (Å²) in [6, 6.07) is 3.08. The summed E-state index contributed by atoms with van der Waals surface area (Å²) in [7, 11) is 0. The molecular weight excluding hydrogens is 342 g/mol. The van der Waals surface area contributed by atoms with Gasteiger partial charge in [0.1, 0.15) is 5.75 Å². The lowest BCUT2D eigenvalue weighted by Gasteiger charge is -2.34.